The van der Waals surface area contributed by atoms with Gasteiger partial charge in [0.05, 0.1) is 6.20 Å². The van der Waals surface area contributed by atoms with Crippen molar-refractivity contribution in [3.63, 3.8) is 0 Å². The summed E-state index contributed by atoms with van der Waals surface area (Å²) in [4.78, 5) is 4.03. The Labute approximate surface area is 115 Å². The zero-order valence-corrected chi connectivity index (χ0v) is 12.6. The monoisotopic (exact) mass is 333 g/mol. The molecule has 1 aromatic heterocycles. The Bertz CT molecular complexity index is 569. The van der Waals surface area contributed by atoms with Gasteiger partial charge in [-0.2, -0.15) is 4.31 Å². The summed E-state index contributed by atoms with van der Waals surface area (Å²) in [6.45, 7) is 0.633. The number of nitrogens with zero attached hydrogens (tertiary/aromatic N) is 3. The molecule has 0 bridgehead atoms. The molecule has 1 saturated carbocycles. The number of rotatable bonds is 2. The van der Waals surface area contributed by atoms with E-state index in [1.54, 1.807) is 15.9 Å². The average molecular weight is 334 g/mol. The van der Waals surface area contributed by atoms with Crippen LogP contribution >= 0.6 is 15.9 Å². The summed E-state index contributed by atoms with van der Waals surface area (Å²) < 4.78 is 29.2. The molecule has 100 valence electrons. The number of fused-ring (bicyclic) bond motifs is 1. The van der Waals surface area contributed by atoms with E-state index < -0.39 is 10.0 Å². The van der Waals surface area contributed by atoms with Gasteiger partial charge in [-0.1, -0.05) is 0 Å². The molecule has 3 rings (SSSR count). The molecule has 0 amide bonds. The number of sulfonamides is 1. The van der Waals surface area contributed by atoms with Gasteiger partial charge in [0, 0.05) is 19.6 Å². The fraction of sp³-hybridized carbons (Fsp3) is 0.727. The minimum Gasteiger partial charge on any atom is -0.312 e. The number of hydrogen-bond donors (Lipinski definition) is 0. The summed E-state index contributed by atoms with van der Waals surface area (Å²) in [6, 6.07) is 0.208. The topological polar surface area (TPSA) is 55.2 Å². The third kappa shape index (κ3) is 1.75. The van der Waals surface area contributed by atoms with Crippen LogP contribution in [0.5, 0.6) is 0 Å². The lowest BCUT2D eigenvalue weighted by atomic mass is 9.74. The summed E-state index contributed by atoms with van der Waals surface area (Å²) in [5.41, 5.74) is 0. The van der Waals surface area contributed by atoms with E-state index in [9.17, 15) is 8.42 Å². The van der Waals surface area contributed by atoms with Gasteiger partial charge >= 0.3 is 0 Å². The molecule has 2 atom stereocenters. The summed E-state index contributed by atoms with van der Waals surface area (Å²) in [6.07, 6.45) is 5.83. The van der Waals surface area contributed by atoms with Crippen molar-refractivity contribution in [3.8, 4) is 0 Å². The molecule has 0 spiro atoms. The van der Waals surface area contributed by atoms with Gasteiger partial charge in [-0.25, -0.2) is 13.4 Å². The molecule has 7 heteroatoms. The van der Waals surface area contributed by atoms with E-state index in [0.717, 1.165) is 12.8 Å². The molecule has 0 unspecified atom stereocenters. The van der Waals surface area contributed by atoms with Crippen molar-refractivity contribution in [2.75, 3.05) is 6.54 Å². The highest BCUT2D eigenvalue weighted by Crippen LogP contribution is 2.41. The number of imidazole rings is 1. The lowest BCUT2D eigenvalue weighted by Crippen LogP contribution is -2.53. The predicted molar refractivity (Wildman–Crippen MR) is 70.5 cm³/mol. The summed E-state index contributed by atoms with van der Waals surface area (Å²) in [5.74, 6) is 0.567. The van der Waals surface area contributed by atoms with Gasteiger partial charge in [-0.05, 0) is 47.5 Å². The van der Waals surface area contributed by atoms with Crippen molar-refractivity contribution >= 4 is 26.0 Å². The van der Waals surface area contributed by atoms with Gasteiger partial charge in [0.2, 0.25) is 5.16 Å². The van der Waals surface area contributed by atoms with Gasteiger partial charge in [-0.15, -0.1) is 0 Å². The average Bonchev–Trinajstić information content (AvgIpc) is 2.61. The molecule has 1 aliphatic heterocycles. The molecule has 1 saturated heterocycles. The Morgan fingerprint density at radius 1 is 1.39 bits per heavy atom. The largest absolute Gasteiger partial charge is 0.312 e. The molecule has 0 N–H and O–H groups in total. The quantitative estimate of drug-likeness (QED) is 0.828. The highest BCUT2D eigenvalue weighted by atomic mass is 79.9. The van der Waals surface area contributed by atoms with Crippen molar-refractivity contribution in [1.82, 2.24) is 13.9 Å². The van der Waals surface area contributed by atoms with Crippen LogP contribution in [-0.2, 0) is 17.1 Å². The van der Waals surface area contributed by atoms with Gasteiger partial charge in [0.1, 0.15) is 4.60 Å². The Hall–Kier alpha value is -0.400. The number of aromatic nitrogens is 2. The molecule has 5 nitrogen and oxygen atoms in total. The third-order valence-electron chi connectivity index (χ3n) is 4.13. The zero-order valence-electron chi connectivity index (χ0n) is 10.2. The molecule has 0 radical (unpaired) electrons. The van der Waals surface area contributed by atoms with Crippen LogP contribution in [0.25, 0.3) is 0 Å². The van der Waals surface area contributed by atoms with Crippen LogP contribution in [-0.4, -0.2) is 34.9 Å². The van der Waals surface area contributed by atoms with Crippen LogP contribution in [0.3, 0.4) is 0 Å². The van der Waals surface area contributed by atoms with Gasteiger partial charge in [-0.3, -0.25) is 0 Å². The van der Waals surface area contributed by atoms with Crippen LogP contribution in [0.2, 0.25) is 0 Å². The second kappa shape index (κ2) is 4.31. The van der Waals surface area contributed by atoms with Gasteiger partial charge < -0.3 is 4.57 Å². The fourth-order valence-corrected chi connectivity index (χ4v) is 5.19. The minimum atomic E-state index is -3.45. The van der Waals surface area contributed by atoms with Crippen LogP contribution in [0.15, 0.2) is 16.0 Å². The number of piperidine rings is 1. The molecule has 0 aromatic carbocycles. The van der Waals surface area contributed by atoms with Crippen LogP contribution in [0.1, 0.15) is 25.7 Å². The first-order valence-electron chi connectivity index (χ1n) is 6.21. The van der Waals surface area contributed by atoms with Crippen LogP contribution in [0, 0.1) is 5.92 Å². The smallest absolute Gasteiger partial charge is 0.277 e. The van der Waals surface area contributed by atoms with E-state index in [1.807, 2.05) is 0 Å². The molecule has 2 fully saturated rings. The molecule has 2 heterocycles. The fourth-order valence-electron chi connectivity index (χ4n) is 2.96. The highest BCUT2D eigenvalue weighted by molar-refractivity contribution is 9.10. The molecule has 2 aliphatic rings. The molecular formula is C11H16BrN3O2S. The number of hydrogen-bond acceptors (Lipinski definition) is 3. The summed E-state index contributed by atoms with van der Waals surface area (Å²) >= 11 is 3.29. The van der Waals surface area contributed by atoms with Crippen LogP contribution in [0.4, 0.5) is 0 Å². The van der Waals surface area contributed by atoms with Crippen molar-refractivity contribution < 1.29 is 8.42 Å². The first-order chi connectivity index (χ1) is 8.51. The second-order valence-electron chi connectivity index (χ2n) is 5.09. The molecule has 1 aromatic rings. The Morgan fingerprint density at radius 2 is 2.17 bits per heavy atom. The van der Waals surface area contributed by atoms with Crippen molar-refractivity contribution in [3.05, 3.63) is 10.8 Å². The maximum Gasteiger partial charge on any atom is 0.277 e. The van der Waals surface area contributed by atoms with Crippen molar-refractivity contribution in [2.45, 2.75) is 36.9 Å². The van der Waals surface area contributed by atoms with Gasteiger partial charge in [0.25, 0.3) is 10.0 Å². The van der Waals surface area contributed by atoms with E-state index in [0.29, 0.717) is 17.1 Å². The summed E-state index contributed by atoms with van der Waals surface area (Å²) in [7, 11) is -1.73. The lowest BCUT2D eigenvalue weighted by Gasteiger charge is -2.47. The normalized spacial score (nSPS) is 28.8. The second-order valence-corrected chi connectivity index (χ2v) is 7.68. The third-order valence-corrected chi connectivity index (χ3v) is 6.78. The molecule has 1 aliphatic carbocycles. The van der Waals surface area contributed by atoms with Crippen molar-refractivity contribution in [2.24, 2.45) is 13.0 Å². The predicted octanol–water partition coefficient (Wildman–Crippen LogP) is 1.75. The first-order valence-corrected chi connectivity index (χ1v) is 8.44. The van der Waals surface area contributed by atoms with Gasteiger partial charge in [0.15, 0.2) is 0 Å². The van der Waals surface area contributed by atoms with E-state index in [4.69, 9.17) is 0 Å². The van der Waals surface area contributed by atoms with E-state index in [-0.39, 0.29) is 11.2 Å². The maximum atomic E-state index is 12.6. The Kier molecular flexibility index (Phi) is 3.03. The Morgan fingerprint density at radius 3 is 2.72 bits per heavy atom. The highest BCUT2D eigenvalue weighted by Gasteiger charge is 2.45. The maximum absolute atomic E-state index is 12.6. The Balaban J connectivity index is 1.97. The standard InChI is InChI=1S/C11H16BrN3O2S/c1-14-10(12)7-13-11(14)18(16,17)15-6-2-3-8-4-5-9(8)15/h7-9H,2-6H2,1H3/t8-,9+/m1/s1. The molecule has 18 heavy (non-hydrogen) atoms. The van der Waals surface area contributed by atoms with E-state index in [2.05, 4.69) is 20.9 Å². The van der Waals surface area contributed by atoms with E-state index in [1.165, 1.54) is 19.0 Å². The molecular weight excluding hydrogens is 318 g/mol. The van der Waals surface area contributed by atoms with E-state index >= 15 is 0 Å². The van der Waals surface area contributed by atoms with Crippen LogP contribution < -0.4 is 0 Å². The minimum absolute atomic E-state index is 0.141. The lowest BCUT2D eigenvalue weighted by molar-refractivity contribution is 0.0819. The first kappa shape index (κ1) is 12.6. The van der Waals surface area contributed by atoms with Crippen molar-refractivity contribution in [1.29, 1.82) is 0 Å². The number of halogens is 1. The summed E-state index contributed by atoms with van der Waals surface area (Å²) in [5, 5.41) is 0.141. The SMILES string of the molecule is Cn1c(Br)cnc1S(=O)(=O)N1CCC[C@@H]2CC[C@@H]21. The zero-order chi connectivity index (χ0) is 12.9.